The van der Waals surface area contributed by atoms with Gasteiger partial charge < -0.3 is 75.0 Å². The molecule has 0 radical (unpaired) electrons. The van der Waals surface area contributed by atoms with E-state index in [1.54, 1.807) is 24.4 Å². The number of hydrogen-bond acceptors (Lipinski definition) is 17. The Morgan fingerprint density at radius 3 is 2.68 bits per heavy atom. The first kappa shape index (κ1) is 36.6. The second-order valence-electron chi connectivity index (χ2n) is 13.2. The van der Waals surface area contributed by atoms with Crippen LogP contribution in [0, 0.1) is 0 Å². The van der Waals surface area contributed by atoms with Crippen LogP contribution in [0.3, 0.4) is 0 Å². The highest BCUT2D eigenvalue weighted by Gasteiger charge is 2.51. The van der Waals surface area contributed by atoms with Gasteiger partial charge in [-0.3, -0.25) is 14.7 Å². The van der Waals surface area contributed by atoms with Crippen molar-refractivity contribution >= 4 is 17.7 Å². The maximum absolute atomic E-state index is 12.2. The fraction of sp³-hybridized carbons (Fsp3) is 0.457. The molecule has 5 heterocycles. The third kappa shape index (κ3) is 7.02. The van der Waals surface area contributed by atoms with Crippen molar-refractivity contribution < 1.29 is 73.2 Å². The van der Waals surface area contributed by atoms with Crippen LogP contribution >= 0.6 is 0 Å². The molecule has 0 amide bonds. The van der Waals surface area contributed by atoms with Crippen LogP contribution in [0.4, 0.5) is 0 Å². The van der Waals surface area contributed by atoms with E-state index >= 15 is 0 Å². The molecule has 0 aromatic heterocycles. The van der Waals surface area contributed by atoms with Gasteiger partial charge in [0.1, 0.15) is 73.6 Å². The highest BCUT2D eigenvalue weighted by Crippen LogP contribution is 2.57. The Balaban J connectivity index is 1.21. The summed E-state index contributed by atoms with van der Waals surface area (Å²) >= 11 is 0. The summed E-state index contributed by atoms with van der Waals surface area (Å²) in [7, 11) is 1.51. The third-order valence-electron chi connectivity index (χ3n) is 9.69. The van der Waals surface area contributed by atoms with Gasteiger partial charge in [-0.05, 0) is 18.2 Å². The fourth-order valence-electron chi connectivity index (χ4n) is 7.27. The number of aliphatic hydroxyl groups excluding tert-OH is 4. The van der Waals surface area contributed by atoms with Crippen molar-refractivity contribution in [2.45, 2.75) is 68.0 Å². The van der Waals surface area contributed by atoms with Gasteiger partial charge in [-0.1, -0.05) is 6.07 Å². The summed E-state index contributed by atoms with van der Waals surface area (Å²) in [4.78, 5) is 28.6. The van der Waals surface area contributed by atoms with Crippen molar-refractivity contribution in [2.75, 3.05) is 33.5 Å². The molecule has 9 atom stereocenters. The summed E-state index contributed by atoms with van der Waals surface area (Å²) in [6.45, 7) is 1.07. The number of carboxylic acids is 1. The molecule has 5 aliphatic rings. The Hall–Kier alpha value is -4.79. The molecule has 0 saturated carbocycles. The molecule has 284 valence electrons. The number of rotatable bonds is 13. The number of carbonyl (C=O) groups is 2. The normalized spacial score (nSPS) is 28.4. The lowest BCUT2D eigenvalue weighted by Gasteiger charge is -2.43. The van der Waals surface area contributed by atoms with E-state index in [4.69, 9.17) is 44.6 Å². The predicted molar refractivity (Wildman–Crippen MR) is 177 cm³/mol. The van der Waals surface area contributed by atoms with E-state index in [0.717, 1.165) is 32.9 Å². The number of aliphatic imine (C=N–C) groups is 1. The Morgan fingerprint density at radius 2 is 1.96 bits per heavy atom. The Bertz CT molecular complexity index is 1850. The molecule has 0 bridgehead atoms. The summed E-state index contributed by atoms with van der Waals surface area (Å²) in [6, 6.07) is 6.98. The fourth-order valence-corrected chi connectivity index (χ4v) is 7.27. The average Bonchev–Trinajstić information content (AvgIpc) is 3.83. The van der Waals surface area contributed by atoms with Crippen molar-refractivity contribution in [3.63, 3.8) is 0 Å². The minimum absolute atomic E-state index is 0.0255. The standard InChI is InChI=1S/C35H40N4O14/c1-47-21-3-2-18-19-14-49-22-9-17(50-35-28(46)26(44)27(45)32(53-35)33(34(36)37)51-24(43)10-23(41)42)8-16(12-39-11-15-4-5-38-20(15)13-39)25(22)29(19)52-30(18)31(21)48-7-6-40/h2-5,8-9,11,19,26-29,32-35,40,44-46H,6-7,10,12-14,36-37H2,1H3,(H,41,42)/t19-,26-,27-,28+,29-,32-,33-,35-/m0/s1. The quantitative estimate of drug-likeness (QED) is 0.0594. The minimum atomic E-state index is -1.88. The maximum Gasteiger partial charge on any atom is 0.311 e. The van der Waals surface area contributed by atoms with Gasteiger partial charge >= 0.3 is 5.97 Å². The van der Waals surface area contributed by atoms with E-state index in [-0.39, 0.29) is 31.5 Å². The van der Waals surface area contributed by atoms with E-state index < -0.39 is 67.4 Å². The molecule has 2 aromatic rings. The van der Waals surface area contributed by atoms with E-state index in [1.807, 2.05) is 12.1 Å². The molecular formula is C35H40N4O14. The highest BCUT2D eigenvalue weighted by molar-refractivity contribution is 6.06. The molecule has 9 N–H and O–H groups in total. The molecule has 1 saturated heterocycles. The van der Waals surface area contributed by atoms with Gasteiger partial charge in [-0.15, -0.1) is 0 Å². The Labute approximate surface area is 302 Å². The molecule has 2 aromatic carbocycles. The van der Waals surface area contributed by atoms with E-state index in [9.17, 15) is 35.1 Å². The van der Waals surface area contributed by atoms with Crippen LogP contribution in [0.1, 0.15) is 35.1 Å². The Kier molecular flexibility index (Phi) is 10.3. The van der Waals surface area contributed by atoms with Crippen molar-refractivity contribution in [1.82, 2.24) is 0 Å². The van der Waals surface area contributed by atoms with Gasteiger partial charge in [0, 0.05) is 29.0 Å². The zero-order chi connectivity index (χ0) is 37.6. The number of aliphatic carboxylic acids is 1. The number of ether oxygens (including phenoxy) is 7. The first-order chi connectivity index (χ1) is 25.5. The summed E-state index contributed by atoms with van der Waals surface area (Å²) in [5, 5.41) is 53.0. The number of quaternary nitrogens is 1. The van der Waals surface area contributed by atoms with Crippen LogP contribution in [0.25, 0.3) is 0 Å². The number of aliphatic hydroxyl groups is 4. The molecule has 7 rings (SSSR count). The van der Waals surface area contributed by atoms with Crippen LogP contribution in [0.2, 0.25) is 0 Å². The second-order valence-corrected chi connectivity index (χ2v) is 13.2. The van der Waals surface area contributed by atoms with Crippen LogP contribution < -0.4 is 45.2 Å². The van der Waals surface area contributed by atoms with Crippen molar-refractivity contribution in [3.8, 4) is 28.7 Å². The molecule has 1 unspecified atom stereocenters. The van der Waals surface area contributed by atoms with Gasteiger partial charge in [0.2, 0.25) is 12.0 Å². The second kappa shape index (κ2) is 14.9. The average molecular weight is 741 g/mol. The predicted octanol–water partition coefficient (Wildman–Crippen LogP) is -3.59. The van der Waals surface area contributed by atoms with Gasteiger partial charge in [0.15, 0.2) is 17.6 Å². The van der Waals surface area contributed by atoms with Gasteiger partial charge in [-0.25, -0.2) is 0 Å². The van der Waals surface area contributed by atoms with Crippen molar-refractivity contribution in [1.29, 1.82) is 0 Å². The first-order valence-corrected chi connectivity index (χ1v) is 16.9. The van der Waals surface area contributed by atoms with Gasteiger partial charge in [0.25, 0.3) is 0 Å². The number of hydrogen-bond donors (Lipinski definition) is 7. The number of benzene rings is 2. The third-order valence-corrected chi connectivity index (χ3v) is 9.69. The lowest BCUT2D eigenvalue weighted by atomic mass is 9.86. The molecule has 18 nitrogen and oxygen atoms in total. The summed E-state index contributed by atoms with van der Waals surface area (Å²) in [5.74, 6) is -1.38. The lowest BCUT2D eigenvalue weighted by Crippen LogP contribution is -3.05. The van der Waals surface area contributed by atoms with Crippen LogP contribution in [-0.2, 0) is 25.6 Å². The first-order valence-electron chi connectivity index (χ1n) is 16.9. The topological polar surface area (TPSA) is 272 Å². The van der Waals surface area contributed by atoms with Crippen LogP contribution in [0.5, 0.6) is 28.7 Å². The number of carboxylic acid groups (broad SMARTS) is 1. The van der Waals surface area contributed by atoms with E-state index in [1.165, 1.54) is 7.11 Å². The lowest BCUT2D eigenvalue weighted by molar-refractivity contribution is -0.848. The number of methoxy groups -OCH3 is 1. The summed E-state index contributed by atoms with van der Waals surface area (Å²) < 4.78 is 41.4. The highest BCUT2D eigenvalue weighted by atomic mass is 16.7. The zero-order valence-electron chi connectivity index (χ0n) is 28.5. The van der Waals surface area contributed by atoms with E-state index in [2.05, 4.69) is 11.2 Å². The number of carbonyl (C=O) groups excluding carboxylic acids is 2. The van der Waals surface area contributed by atoms with Crippen LogP contribution in [0.15, 0.2) is 53.3 Å². The number of nitrogens with two attached hydrogens (primary N) is 2. The molecule has 53 heavy (non-hydrogen) atoms. The van der Waals surface area contributed by atoms with Crippen molar-refractivity contribution in [3.05, 3.63) is 65.0 Å². The number of allylic oxidation sites excluding steroid dienone is 1. The molecule has 5 aliphatic heterocycles. The number of fused-ring (bicyclic) bond motifs is 6. The number of nitrogens with one attached hydrogen (secondary N) is 1. The number of esters is 1. The summed E-state index contributed by atoms with van der Waals surface area (Å²) in [6.07, 6.45) is -7.91. The molecule has 1 fully saturated rings. The van der Waals surface area contributed by atoms with E-state index in [0.29, 0.717) is 36.1 Å². The van der Waals surface area contributed by atoms with Crippen molar-refractivity contribution in [2.24, 2.45) is 16.5 Å². The number of nitrogens with zero attached hydrogens (tertiary/aromatic N) is 1. The van der Waals surface area contributed by atoms with Gasteiger partial charge in [-0.2, -0.15) is 0 Å². The summed E-state index contributed by atoms with van der Waals surface area (Å²) in [5.41, 5.74) is 15.9. The van der Waals surface area contributed by atoms with Gasteiger partial charge in [0.05, 0.1) is 50.4 Å². The largest absolute Gasteiger partial charge is 0.550 e. The monoisotopic (exact) mass is 740 g/mol. The Morgan fingerprint density at radius 1 is 1.15 bits per heavy atom. The van der Waals surface area contributed by atoms with Crippen LogP contribution in [-0.4, -0.2) is 115 Å². The SMILES string of the molecule is COc1ccc2c(c1OCCO)O[C@@H]1c3c(C[NH+]4C=C5C=CN=C5C4)cc(O[C@H]4O[C@H]([C@H](OC(=O)CC(=O)[O-])C(N)N)[C@@H](O)[C@H](O)[C@H]4O)cc3OC[C@@H]21. The molecular weight excluding hydrogens is 700 g/mol. The smallest absolute Gasteiger partial charge is 0.311 e. The molecule has 0 aliphatic carbocycles. The zero-order valence-corrected chi connectivity index (χ0v) is 28.5. The molecule has 0 spiro atoms. The maximum atomic E-state index is 12.2. The minimum Gasteiger partial charge on any atom is -0.550 e. The molecule has 18 heteroatoms.